The Balaban J connectivity index is 1.95. The van der Waals surface area contributed by atoms with E-state index in [2.05, 4.69) is 15.5 Å². The molecule has 0 radical (unpaired) electrons. The van der Waals surface area contributed by atoms with Crippen LogP contribution >= 0.6 is 11.8 Å². The minimum atomic E-state index is -0.451. The monoisotopic (exact) mass is 413 g/mol. The number of Topliss-reactive ketones (excluding diaryl/α,β-unsaturated/α-hetero) is 3. The molecule has 0 bridgehead atoms. The molecule has 0 aromatic carbocycles. The number of urea groups is 1. The summed E-state index contributed by atoms with van der Waals surface area (Å²) in [6.45, 7) is 5.75. The fourth-order valence-electron chi connectivity index (χ4n) is 3.02. The van der Waals surface area contributed by atoms with Crippen molar-refractivity contribution in [3.8, 4) is 0 Å². The van der Waals surface area contributed by atoms with Crippen LogP contribution in [0.2, 0.25) is 0 Å². The molecule has 0 spiro atoms. The maximum atomic E-state index is 11.7. The topological polar surface area (TPSA) is 95.6 Å². The van der Waals surface area contributed by atoms with Crippen molar-refractivity contribution in [1.82, 2.24) is 15.5 Å². The number of unbranched alkanes of at least 4 members (excludes halogenated alkanes) is 3. The van der Waals surface area contributed by atoms with Crippen molar-refractivity contribution >= 4 is 35.1 Å². The molecule has 0 aromatic heterocycles. The standard InChI is InChI=1S/C20H35N3O4S/c1-4-17(25)15(2)22-20(27)21-9-11-23(3)10-7-5-6-8-12-28-19-14-16(24)13-18(19)26/h15,19H,4-14H2,1-3H3,(H2,21,22,27)/t15-,19?/m1/s1. The van der Waals surface area contributed by atoms with Crippen molar-refractivity contribution < 1.29 is 19.2 Å². The molecule has 160 valence electrons. The number of ketones is 3. The predicted octanol–water partition coefficient (Wildman–Crippen LogP) is 2.18. The van der Waals surface area contributed by atoms with Crippen LogP contribution in [0.25, 0.3) is 0 Å². The molecule has 1 aliphatic rings. The van der Waals surface area contributed by atoms with Crippen LogP contribution in [0.15, 0.2) is 0 Å². The predicted molar refractivity (Wildman–Crippen MR) is 113 cm³/mol. The third-order valence-corrected chi connectivity index (χ3v) is 6.21. The molecular weight excluding hydrogens is 378 g/mol. The number of carbonyl (C=O) groups excluding carboxylic acids is 4. The number of rotatable bonds is 14. The van der Waals surface area contributed by atoms with Crippen LogP contribution in [0.4, 0.5) is 4.79 Å². The number of nitrogens with one attached hydrogen (secondary N) is 2. The second-order valence-electron chi connectivity index (χ2n) is 7.40. The molecule has 0 aromatic rings. The van der Waals surface area contributed by atoms with Crippen molar-refractivity contribution in [2.45, 2.75) is 70.1 Å². The van der Waals surface area contributed by atoms with E-state index in [0.717, 1.165) is 44.5 Å². The molecule has 0 saturated heterocycles. The van der Waals surface area contributed by atoms with Crippen LogP contribution in [0, 0.1) is 0 Å². The van der Waals surface area contributed by atoms with Crippen molar-refractivity contribution in [3.05, 3.63) is 0 Å². The van der Waals surface area contributed by atoms with Crippen molar-refractivity contribution in [3.63, 3.8) is 0 Å². The van der Waals surface area contributed by atoms with Gasteiger partial charge in [-0.05, 0) is 39.1 Å². The number of hydrogen-bond acceptors (Lipinski definition) is 6. The summed E-state index contributed by atoms with van der Waals surface area (Å²) >= 11 is 1.63. The highest BCUT2D eigenvalue weighted by atomic mass is 32.2. The molecular formula is C20H35N3O4S. The third-order valence-electron chi connectivity index (χ3n) is 4.85. The van der Waals surface area contributed by atoms with E-state index >= 15 is 0 Å². The van der Waals surface area contributed by atoms with Crippen LogP contribution in [-0.2, 0) is 14.4 Å². The van der Waals surface area contributed by atoms with E-state index in [4.69, 9.17) is 0 Å². The minimum Gasteiger partial charge on any atom is -0.337 e. The van der Waals surface area contributed by atoms with Gasteiger partial charge < -0.3 is 15.5 Å². The quantitative estimate of drug-likeness (QED) is 0.335. The summed E-state index contributed by atoms with van der Waals surface area (Å²) in [7, 11) is 2.03. The van der Waals surface area contributed by atoms with E-state index in [1.54, 1.807) is 25.6 Å². The van der Waals surface area contributed by atoms with E-state index in [0.29, 0.717) is 19.4 Å². The highest BCUT2D eigenvalue weighted by molar-refractivity contribution is 8.00. The molecule has 0 aliphatic heterocycles. The zero-order chi connectivity index (χ0) is 20.9. The number of likely N-dealkylation sites (N-methyl/N-ethyl adjacent to an activating group) is 1. The Morgan fingerprint density at radius 3 is 2.54 bits per heavy atom. The van der Waals surface area contributed by atoms with Gasteiger partial charge in [-0.15, -0.1) is 0 Å². The average molecular weight is 414 g/mol. The van der Waals surface area contributed by atoms with Gasteiger partial charge in [0.2, 0.25) is 0 Å². The highest BCUT2D eigenvalue weighted by Crippen LogP contribution is 2.25. The molecule has 8 heteroatoms. The molecule has 1 aliphatic carbocycles. The summed E-state index contributed by atoms with van der Waals surface area (Å²) in [6, 6.07) is -0.754. The first-order chi connectivity index (χ1) is 13.3. The van der Waals surface area contributed by atoms with Gasteiger partial charge in [-0.25, -0.2) is 4.79 Å². The van der Waals surface area contributed by atoms with Crippen molar-refractivity contribution in [2.24, 2.45) is 0 Å². The Kier molecular flexibility index (Phi) is 12.1. The second kappa shape index (κ2) is 13.7. The van der Waals surface area contributed by atoms with Crippen LogP contribution in [-0.4, -0.2) is 72.0 Å². The lowest BCUT2D eigenvalue weighted by Gasteiger charge is -2.18. The first kappa shape index (κ1) is 24.6. The molecule has 1 unspecified atom stereocenters. The van der Waals surface area contributed by atoms with Gasteiger partial charge in [-0.3, -0.25) is 14.4 Å². The molecule has 1 saturated carbocycles. The molecule has 2 N–H and O–H groups in total. The highest BCUT2D eigenvalue weighted by Gasteiger charge is 2.30. The van der Waals surface area contributed by atoms with Gasteiger partial charge in [0, 0.05) is 25.9 Å². The average Bonchev–Trinajstić information content (AvgIpc) is 2.97. The van der Waals surface area contributed by atoms with E-state index in [9.17, 15) is 19.2 Å². The van der Waals surface area contributed by atoms with Gasteiger partial charge in [0.25, 0.3) is 0 Å². The Hall–Kier alpha value is -1.41. The Bertz CT molecular complexity index is 542. The number of hydrogen-bond donors (Lipinski definition) is 2. The van der Waals surface area contributed by atoms with Gasteiger partial charge in [-0.1, -0.05) is 19.8 Å². The van der Waals surface area contributed by atoms with Crippen LogP contribution in [0.1, 0.15) is 58.8 Å². The summed E-state index contributed by atoms with van der Waals surface area (Å²) in [5.74, 6) is 1.15. The fourth-order valence-corrected chi connectivity index (χ4v) is 4.25. The number of amides is 2. The van der Waals surface area contributed by atoms with E-state index in [1.807, 2.05) is 7.05 Å². The summed E-state index contributed by atoms with van der Waals surface area (Å²) in [5, 5.41) is 5.33. The largest absolute Gasteiger partial charge is 0.337 e. The first-order valence-electron chi connectivity index (χ1n) is 10.2. The van der Waals surface area contributed by atoms with Crippen LogP contribution in [0.3, 0.4) is 0 Å². The molecule has 2 atom stereocenters. The molecule has 2 amide bonds. The zero-order valence-corrected chi connectivity index (χ0v) is 18.2. The minimum absolute atomic E-state index is 0.0222. The summed E-state index contributed by atoms with van der Waals surface area (Å²) in [6.07, 6.45) is 5.40. The molecule has 1 fully saturated rings. The number of thioether (sulfide) groups is 1. The maximum Gasteiger partial charge on any atom is 0.315 e. The normalized spacial score (nSPS) is 17.8. The first-order valence-corrected chi connectivity index (χ1v) is 11.3. The van der Waals surface area contributed by atoms with Crippen molar-refractivity contribution in [2.75, 3.05) is 32.4 Å². The second-order valence-corrected chi connectivity index (χ2v) is 8.72. The van der Waals surface area contributed by atoms with E-state index < -0.39 is 6.04 Å². The fraction of sp³-hybridized carbons (Fsp3) is 0.800. The summed E-state index contributed by atoms with van der Waals surface area (Å²) < 4.78 is 0. The third kappa shape index (κ3) is 10.2. The zero-order valence-electron chi connectivity index (χ0n) is 17.4. The number of carbonyl (C=O) groups is 4. The SMILES string of the molecule is CCC(=O)[C@@H](C)NC(=O)NCCN(C)CCCCCCSC1CC(=O)CC1=O. The molecule has 7 nitrogen and oxygen atoms in total. The molecule has 28 heavy (non-hydrogen) atoms. The summed E-state index contributed by atoms with van der Waals surface area (Å²) in [5.41, 5.74) is 0. The Morgan fingerprint density at radius 2 is 1.89 bits per heavy atom. The van der Waals surface area contributed by atoms with Gasteiger partial charge in [0.15, 0.2) is 11.6 Å². The van der Waals surface area contributed by atoms with Gasteiger partial charge in [-0.2, -0.15) is 11.8 Å². The molecule has 0 heterocycles. The van der Waals surface area contributed by atoms with Gasteiger partial charge in [0.05, 0.1) is 17.7 Å². The number of nitrogens with zero attached hydrogens (tertiary/aromatic N) is 1. The van der Waals surface area contributed by atoms with E-state index in [1.165, 1.54) is 0 Å². The Morgan fingerprint density at radius 1 is 1.18 bits per heavy atom. The lowest BCUT2D eigenvalue weighted by molar-refractivity contribution is -0.122. The van der Waals surface area contributed by atoms with Gasteiger partial charge >= 0.3 is 6.03 Å². The smallest absolute Gasteiger partial charge is 0.315 e. The summed E-state index contributed by atoms with van der Waals surface area (Å²) in [4.78, 5) is 48.1. The molecule has 1 rings (SSSR count). The lowest BCUT2D eigenvalue weighted by atomic mass is 10.2. The lowest BCUT2D eigenvalue weighted by Crippen LogP contribution is -2.46. The van der Waals surface area contributed by atoms with Crippen LogP contribution < -0.4 is 10.6 Å². The maximum absolute atomic E-state index is 11.7. The Labute approximate surface area is 172 Å². The van der Waals surface area contributed by atoms with Gasteiger partial charge in [0.1, 0.15) is 5.78 Å². The van der Waals surface area contributed by atoms with Crippen LogP contribution in [0.5, 0.6) is 0 Å². The van der Waals surface area contributed by atoms with Crippen molar-refractivity contribution in [1.29, 1.82) is 0 Å². The van der Waals surface area contributed by atoms with E-state index in [-0.39, 0.29) is 35.1 Å².